The molecule has 0 aromatic heterocycles. The number of hydrogen-bond donors (Lipinski definition) is 1. The number of nitrogens with one attached hydrogen (secondary N) is 1. The Labute approximate surface area is 106 Å². The molecule has 1 unspecified atom stereocenters. The molecule has 0 amide bonds. The van der Waals surface area contributed by atoms with Crippen molar-refractivity contribution in [3.8, 4) is 0 Å². The SMILES string of the molecule is CCCC1CNCc2cc(C(C)(C)C)ccc21. The average Bonchev–Trinajstić information content (AvgIpc) is 2.28. The van der Waals surface area contributed by atoms with Crippen LogP contribution in [0.1, 0.15) is 63.1 Å². The maximum Gasteiger partial charge on any atom is 0.0208 e. The molecular weight excluding hydrogens is 206 g/mol. The van der Waals surface area contributed by atoms with E-state index in [4.69, 9.17) is 0 Å². The zero-order valence-electron chi connectivity index (χ0n) is 11.6. The molecule has 17 heavy (non-hydrogen) atoms. The molecule has 0 radical (unpaired) electrons. The summed E-state index contributed by atoms with van der Waals surface area (Å²) in [6.07, 6.45) is 2.57. The third-order valence-corrected chi connectivity index (χ3v) is 3.79. The summed E-state index contributed by atoms with van der Waals surface area (Å²) in [6.45, 7) is 11.3. The van der Waals surface area contributed by atoms with Gasteiger partial charge in [0.15, 0.2) is 0 Å². The van der Waals surface area contributed by atoms with Crippen molar-refractivity contribution in [1.82, 2.24) is 5.32 Å². The van der Waals surface area contributed by atoms with Crippen LogP contribution in [0.3, 0.4) is 0 Å². The fraction of sp³-hybridized carbons (Fsp3) is 0.625. The first-order valence-electron chi connectivity index (χ1n) is 6.86. The van der Waals surface area contributed by atoms with Gasteiger partial charge in [0, 0.05) is 13.1 Å². The van der Waals surface area contributed by atoms with Crippen molar-refractivity contribution in [1.29, 1.82) is 0 Å². The Bertz CT molecular complexity index is 387. The molecule has 1 heterocycles. The lowest BCUT2D eigenvalue weighted by Gasteiger charge is -2.29. The van der Waals surface area contributed by atoms with Crippen molar-refractivity contribution in [2.75, 3.05) is 6.54 Å². The van der Waals surface area contributed by atoms with E-state index in [1.807, 2.05) is 0 Å². The predicted molar refractivity (Wildman–Crippen MR) is 74.5 cm³/mol. The van der Waals surface area contributed by atoms with Gasteiger partial charge in [-0.25, -0.2) is 0 Å². The van der Waals surface area contributed by atoms with Crippen LogP contribution in [0.25, 0.3) is 0 Å². The lowest BCUT2D eigenvalue weighted by atomic mass is 9.81. The second-order valence-electron chi connectivity index (χ2n) is 6.28. The van der Waals surface area contributed by atoms with Gasteiger partial charge in [0.25, 0.3) is 0 Å². The lowest BCUT2D eigenvalue weighted by molar-refractivity contribution is 0.506. The minimum atomic E-state index is 0.257. The predicted octanol–water partition coefficient (Wildman–Crippen LogP) is 3.97. The molecular formula is C16H25N. The van der Waals surface area contributed by atoms with Gasteiger partial charge in [-0.15, -0.1) is 0 Å². The van der Waals surface area contributed by atoms with Gasteiger partial charge in [0.05, 0.1) is 0 Å². The first kappa shape index (κ1) is 12.6. The zero-order valence-corrected chi connectivity index (χ0v) is 11.6. The summed E-state index contributed by atoms with van der Waals surface area (Å²) < 4.78 is 0. The molecule has 1 aliphatic heterocycles. The molecule has 0 saturated heterocycles. The highest BCUT2D eigenvalue weighted by atomic mass is 14.9. The van der Waals surface area contributed by atoms with Crippen LogP contribution in [0, 0.1) is 0 Å². The fourth-order valence-corrected chi connectivity index (χ4v) is 2.72. The molecule has 94 valence electrons. The Kier molecular flexibility index (Phi) is 3.58. The maximum absolute atomic E-state index is 3.55. The van der Waals surface area contributed by atoms with Crippen LogP contribution in [0.2, 0.25) is 0 Å². The highest BCUT2D eigenvalue weighted by molar-refractivity contribution is 5.38. The molecule has 0 aliphatic carbocycles. The third kappa shape index (κ3) is 2.71. The lowest BCUT2D eigenvalue weighted by Crippen LogP contribution is -2.28. The van der Waals surface area contributed by atoms with Gasteiger partial charge in [-0.2, -0.15) is 0 Å². The quantitative estimate of drug-likeness (QED) is 0.812. The van der Waals surface area contributed by atoms with Crippen LogP contribution >= 0.6 is 0 Å². The van der Waals surface area contributed by atoms with E-state index in [0.717, 1.165) is 19.0 Å². The molecule has 0 fully saturated rings. The molecule has 1 aliphatic rings. The molecule has 0 bridgehead atoms. The molecule has 1 aromatic rings. The van der Waals surface area contributed by atoms with Gasteiger partial charge < -0.3 is 5.32 Å². The fourth-order valence-electron chi connectivity index (χ4n) is 2.72. The van der Waals surface area contributed by atoms with Crippen molar-refractivity contribution in [2.24, 2.45) is 0 Å². The minimum Gasteiger partial charge on any atom is -0.312 e. The topological polar surface area (TPSA) is 12.0 Å². The molecule has 1 nitrogen and oxygen atoms in total. The average molecular weight is 231 g/mol. The number of fused-ring (bicyclic) bond motifs is 1. The summed E-state index contributed by atoms with van der Waals surface area (Å²) in [5.74, 6) is 0.720. The van der Waals surface area contributed by atoms with Crippen molar-refractivity contribution < 1.29 is 0 Å². The summed E-state index contributed by atoms with van der Waals surface area (Å²) >= 11 is 0. The van der Waals surface area contributed by atoms with Gasteiger partial charge in [-0.1, -0.05) is 52.3 Å². The van der Waals surface area contributed by atoms with E-state index in [2.05, 4.69) is 51.2 Å². The van der Waals surface area contributed by atoms with E-state index < -0.39 is 0 Å². The Morgan fingerprint density at radius 3 is 2.71 bits per heavy atom. The monoisotopic (exact) mass is 231 g/mol. The van der Waals surface area contributed by atoms with Crippen LogP contribution in [0.5, 0.6) is 0 Å². The van der Waals surface area contributed by atoms with Crippen molar-refractivity contribution >= 4 is 0 Å². The molecule has 1 N–H and O–H groups in total. The van der Waals surface area contributed by atoms with Gasteiger partial charge in [-0.05, 0) is 34.4 Å². The number of hydrogen-bond acceptors (Lipinski definition) is 1. The summed E-state index contributed by atoms with van der Waals surface area (Å²) in [5, 5.41) is 3.55. The van der Waals surface area contributed by atoms with E-state index in [1.54, 1.807) is 5.56 Å². The van der Waals surface area contributed by atoms with Crippen LogP contribution in [0.15, 0.2) is 18.2 Å². The summed E-state index contributed by atoms with van der Waals surface area (Å²) in [4.78, 5) is 0. The first-order valence-corrected chi connectivity index (χ1v) is 6.86. The Morgan fingerprint density at radius 2 is 2.06 bits per heavy atom. The molecule has 1 aromatic carbocycles. The Balaban J connectivity index is 2.33. The molecule has 2 rings (SSSR count). The van der Waals surface area contributed by atoms with Crippen LogP contribution in [-0.2, 0) is 12.0 Å². The second kappa shape index (κ2) is 4.81. The second-order valence-corrected chi connectivity index (χ2v) is 6.28. The largest absolute Gasteiger partial charge is 0.312 e. The van der Waals surface area contributed by atoms with E-state index in [9.17, 15) is 0 Å². The van der Waals surface area contributed by atoms with Gasteiger partial charge in [0.1, 0.15) is 0 Å². The van der Waals surface area contributed by atoms with Crippen molar-refractivity contribution in [3.63, 3.8) is 0 Å². The van der Waals surface area contributed by atoms with E-state index in [-0.39, 0.29) is 5.41 Å². The van der Waals surface area contributed by atoms with E-state index in [1.165, 1.54) is 24.0 Å². The molecule has 0 saturated carbocycles. The van der Waals surface area contributed by atoms with Gasteiger partial charge >= 0.3 is 0 Å². The summed E-state index contributed by atoms with van der Waals surface area (Å²) in [5.41, 5.74) is 4.81. The highest BCUT2D eigenvalue weighted by Gasteiger charge is 2.21. The maximum atomic E-state index is 3.55. The smallest absolute Gasteiger partial charge is 0.0208 e. The van der Waals surface area contributed by atoms with E-state index in [0.29, 0.717) is 0 Å². The zero-order chi connectivity index (χ0) is 12.5. The van der Waals surface area contributed by atoms with Crippen LogP contribution in [0.4, 0.5) is 0 Å². The standard InChI is InChI=1S/C16H25N/c1-5-6-12-10-17-11-13-9-14(16(2,3)4)7-8-15(12)13/h7-9,12,17H,5-6,10-11H2,1-4H3. The Morgan fingerprint density at radius 1 is 1.29 bits per heavy atom. The minimum absolute atomic E-state index is 0.257. The number of rotatable bonds is 2. The molecule has 1 heteroatoms. The third-order valence-electron chi connectivity index (χ3n) is 3.79. The molecule has 1 atom stereocenters. The van der Waals surface area contributed by atoms with Gasteiger partial charge in [0.2, 0.25) is 0 Å². The van der Waals surface area contributed by atoms with Gasteiger partial charge in [-0.3, -0.25) is 0 Å². The Hall–Kier alpha value is -0.820. The summed E-state index contributed by atoms with van der Waals surface area (Å²) in [6, 6.07) is 7.11. The number of benzene rings is 1. The summed E-state index contributed by atoms with van der Waals surface area (Å²) in [7, 11) is 0. The van der Waals surface area contributed by atoms with Crippen LogP contribution < -0.4 is 5.32 Å². The van der Waals surface area contributed by atoms with E-state index >= 15 is 0 Å². The van der Waals surface area contributed by atoms with Crippen LogP contribution in [-0.4, -0.2) is 6.54 Å². The highest BCUT2D eigenvalue weighted by Crippen LogP contribution is 2.31. The van der Waals surface area contributed by atoms with Crippen molar-refractivity contribution in [3.05, 3.63) is 34.9 Å². The molecule has 0 spiro atoms. The first-order chi connectivity index (χ1) is 8.02. The van der Waals surface area contributed by atoms with Crippen molar-refractivity contribution in [2.45, 2.75) is 58.4 Å². The normalized spacial score (nSPS) is 20.1.